The zero-order valence-corrected chi connectivity index (χ0v) is 13.7. The summed E-state index contributed by atoms with van der Waals surface area (Å²) in [4.78, 5) is 12.5. The van der Waals surface area contributed by atoms with E-state index in [2.05, 4.69) is 18.5 Å². The normalized spacial score (nSPS) is 25.6. The predicted octanol–water partition coefficient (Wildman–Crippen LogP) is 3.22. The Kier molecular flexibility index (Phi) is 5.71. The molecule has 4 heteroatoms. The minimum atomic E-state index is -0.440. The molecule has 0 heterocycles. The highest BCUT2D eigenvalue weighted by Gasteiger charge is 2.35. The first kappa shape index (κ1) is 16.4. The highest BCUT2D eigenvalue weighted by Crippen LogP contribution is 2.32. The summed E-state index contributed by atoms with van der Waals surface area (Å²) in [7, 11) is 0. The first-order valence-corrected chi connectivity index (χ1v) is 8.99. The van der Waals surface area contributed by atoms with Crippen LogP contribution < -0.4 is 5.32 Å². The average molecular weight is 307 g/mol. The lowest BCUT2D eigenvalue weighted by Gasteiger charge is -2.39. The standard InChI is InChI=1S/C17H25NO2S/c1-13-5-4-8-17(10-13,12-19)18-16(20)15-7-3-6-14(9-15)11-21-2/h3,6-7,9,13,19H,4-5,8,10-12H2,1-2H3,(H,18,20). The summed E-state index contributed by atoms with van der Waals surface area (Å²) in [6.07, 6.45) is 6.02. The SMILES string of the molecule is CSCc1cccc(C(=O)NC2(CO)CCCC(C)C2)c1. The molecule has 116 valence electrons. The van der Waals surface area contributed by atoms with Crippen LogP contribution in [0.4, 0.5) is 0 Å². The number of aliphatic hydroxyl groups is 1. The predicted molar refractivity (Wildman–Crippen MR) is 88.6 cm³/mol. The van der Waals surface area contributed by atoms with E-state index in [4.69, 9.17) is 0 Å². The lowest BCUT2D eigenvalue weighted by molar-refractivity contribution is 0.0697. The molecule has 0 aromatic heterocycles. The highest BCUT2D eigenvalue weighted by atomic mass is 32.2. The number of carbonyl (C=O) groups is 1. The molecule has 0 radical (unpaired) electrons. The Morgan fingerprint density at radius 2 is 2.33 bits per heavy atom. The molecule has 1 aromatic rings. The van der Waals surface area contributed by atoms with Crippen molar-refractivity contribution < 1.29 is 9.90 Å². The van der Waals surface area contributed by atoms with Gasteiger partial charge in [-0.25, -0.2) is 0 Å². The second-order valence-electron chi connectivity index (χ2n) is 6.23. The van der Waals surface area contributed by atoms with Crippen molar-refractivity contribution in [3.05, 3.63) is 35.4 Å². The van der Waals surface area contributed by atoms with Gasteiger partial charge >= 0.3 is 0 Å². The van der Waals surface area contributed by atoms with Crippen LogP contribution in [0, 0.1) is 5.92 Å². The third-order valence-electron chi connectivity index (χ3n) is 4.27. The Labute approximate surface area is 131 Å². The third kappa shape index (κ3) is 4.24. The number of hydrogen-bond acceptors (Lipinski definition) is 3. The van der Waals surface area contributed by atoms with Gasteiger partial charge in [-0.05, 0) is 42.7 Å². The quantitative estimate of drug-likeness (QED) is 0.878. The lowest BCUT2D eigenvalue weighted by atomic mass is 9.76. The summed E-state index contributed by atoms with van der Waals surface area (Å²) in [6.45, 7) is 2.21. The van der Waals surface area contributed by atoms with Gasteiger partial charge in [0.05, 0.1) is 12.1 Å². The van der Waals surface area contributed by atoms with Gasteiger partial charge in [0.25, 0.3) is 5.91 Å². The molecule has 1 aliphatic rings. The number of nitrogens with one attached hydrogen (secondary N) is 1. The summed E-state index contributed by atoms with van der Waals surface area (Å²) >= 11 is 1.74. The van der Waals surface area contributed by atoms with Crippen molar-refractivity contribution in [3.8, 4) is 0 Å². The van der Waals surface area contributed by atoms with Crippen LogP contribution in [0.1, 0.15) is 48.5 Å². The molecule has 1 saturated carbocycles. The van der Waals surface area contributed by atoms with E-state index in [1.54, 1.807) is 11.8 Å². The first-order valence-electron chi connectivity index (χ1n) is 7.60. The van der Waals surface area contributed by atoms with Gasteiger partial charge < -0.3 is 10.4 Å². The van der Waals surface area contributed by atoms with E-state index in [1.807, 2.05) is 24.3 Å². The van der Waals surface area contributed by atoms with E-state index in [-0.39, 0.29) is 12.5 Å². The number of rotatable bonds is 5. The van der Waals surface area contributed by atoms with E-state index in [0.717, 1.165) is 30.6 Å². The molecule has 2 N–H and O–H groups in total. The Bertz CT molecular complexity index is 491. The van der Waals surface area contributed by atoms with Crippen molar-refractivity contribution in [2.75, 3.05) is 12.9 Å². The zero-order valence-electron chi connectivity index (χ0n) is 12.9. The molecule has 0 aliphatic heterocycles. The van der Waals surface area contributed by atoms with Gasteiger partial charge in [0.2, 0.25) is 0 Å². The van der Waals surface area contributed by atoms with Crippen LogP contribution in [0.5, 0.6) is 0 Å². The minimum Gasteiger partial charge on any atom is -0.394 e. The van der Waals surface area contributed by atoms with Crippen molar-refractivity contribution in [2.24, 2.45) is 5.92 Å². The fraction of sp³-hybridized carbons (Fsp3) is 0.588. The molecule has 21 heavy (non-hydrogen) atoms. The molecule has 1 aromatic carbocycles. The van der Waals surface area contributed by atoms with Crippen LogP contribution in [-0.2, 0) is 5.75 Å². The van der Waals surface area contributed by atoms with Crippen molar-refractivity contribution in [1.82, 2.24) is 5.32 Å². The van der Waals surface area contributed by atoms with E-state index >= 15 is 0 Å². The monoisotopic (exact) mass is 307 g/mol. The molecule has 0 saturated heterocycles. The molecule has 0 bridgehead atoms. The van der Waals surface area contributed by atoms with Crippen molar-refractivity contribution in [2.45, 2.75) is 43.9 Å². The maximum absolute atomic E-state index is 12.5. The molecule has 1 amide bonds. The summed E-state index contributed by atoms with van der Waals surface area (Å²) < 4.78 is 0. The van der Waals surface area contributed by atoms with Crippen LogP contribution >= 0.6 is 11.8 Å². The van der Waals surface area contributed by atoms with Gasteiger partial charge in [0, 0.05) is 11.3 Å². The Morgan fingerprint density at radius 1 is 1.52 bits per heavy atom. The summed E-state index contributed by atoms with van der Waals surface area (Å²) in [5.41, 5.74) is 1.40. The van der Waals surface area contributed by atoms with Gasteiger partial charge in [0.15, 0.2) is 0 Å². The van der Waals surface area contributed by atoms with Crippen LogP contribution in [-0.4, -0.2) is 29.4 Å². The summed E-state index contributed by atoms with van der Waals surface area (Å²) in [5.74, 6) is 1.39. The second-order valence-corrected chi connectivity index (χ2v) is 7.09. The van der Waals surface area contributed by atoms with Crippen molar-refractivity contribution in [3.63, 3.8) is 0 Å². The van der Waals surface area contributed by atoms with Crippen LogP contribution in [0.3, 0.4) is 0 Å². The highest BCUT2D eigenvalue weighted by molar-refractivity contribution is 7.97. The van der Waals surface area contributed by atoms with E-state index in [9.17, 15) is 9.90 Å². The Morgan fingerprint density at radius 3 is 3.00 bits per heavy atom. The number of carbonyl (C=O) groups excluding carboxylic acids is 1. The van der Waals surface area contributed by atoms with Gasteiger partial charge in [-0.1, -0.05) is 31.9 Å². The largest absolute Gasteiger partial charge is 0.394 e. The molecule has 3 nitrogen and oxygen atoms in total. The number of aliphatic hydroxyl groups excluding tert-OH is 1. The number of amides is 1. The maximum atomic E-state index is 12.5. The molecule has 1 aliphatic carbocycles. The molecule has 2 rings (SSSR count). The van der Waals surface area contributed by atoms with E-state index in [0.29, 0.717) is 11.5 Å². The fourth-order valence-corrected chi connectivity index (χ4v) is 3.75. The summed E-state index contributed by atoms with van der Waals surface area (Å²) in [6, 6.07) is 7.76. The zero-order chi connectivity index (χ0) is 15.3. The van der Waals surface area contributed by atoms with E-state index in [1.165, 1.54) is 6.42 Å². The van der Waals surface area contributed by atoms with Crippen LogP contribution in [0.25, 0.3) is 0 Å². The van der Waals surface area contributed by atoms with Gasteiger partial charge in [-0.15, -0.1) is 0 Å². The van der Waals surface area contributed by atoms with Gasteiger partial charge in [-0.3, -0.25) is 4.79 Å². The summed E-state index contributed by atoms with van der Waals surface area (Å²) in [5, 5.41) is 12.9. The minimum absolute atomic E-state index is 0.0214. The van der Waals surface area contributed by atoms with Crippen LogP contribution in [0.15, 0.2) is 24.3 Å². The number of thioether (sulfide) groups is 1. The molecule has 1 fully saturated rings. The van der Waals surface area contributed by atoms with Crippen LogP contribution in [0.2, 0.25) is 0 Å². The third-order valence-corrected chi connectivity index (χ3v) is 4.89. The number of hydrogen-bond donors (Lipinski definition) is 2. The molecule has 2 unspecified atom stereocenters. The molecular weight excluding hydrogens is 282 g/mol. The maximum Gasteiger partial charge on any atom is 0.251 e. The number of benzene rings is 1. The fourth-order valence-electron chi connectivity index (χ4n) is 3.24. The average Bonchev–Trinajstić information content (AvgIpc) is 2.48. The van der Waals surface area contributed by atoms with E-state index < -0.39 is 5.54 Å². The smallest absolute Gasteiger partial charge is 0.251 e. The lowest BCUT2D eigenvalue weighted by Crippen LogP contribution is -2.53. The van der Waals surface area contributed by atoms with Gasteiger partial charge in [0.1, 0.15) is 0 Å². The molecule has 2 atom stereocenters. The van der Waals surface area contributed by atoms with Gasteiger partial charge in [-0.2, -0.15) is 11.8 Å². The molecule has 0 spiro atoms. The Hall–Kier alpha value is -1.00. The van der Waals surface area contributed by atoms with Crippen molar-refractivity contribution >= 4 is 17.7 Å². The van der Waals surface area contributed by atoms with Crippen molar-refractivity contribution in [1.29, 1.82) is 0 Å². The molecular formula is C17H25NO2S. The first-order chi connectivity index (χ1) is 10.1. The second kappa shape index (κ2) is 7.32. The topological polar surface area (TPSA) is 49.3 Å². The Balaban J connectivity index is 2.10.